The number of hydrogen-bond donors (Lipinski definition) is 0. The quantitative estimate of drug-likeness (QED) is 0.610. The van der Waals surface area contributed by atoms with E-state index < -0.39 is 0 Å². The molecule has 0 amide bonds. The molecule has 6 heteroatoms. The Kier molecular flexibility index (Phi) is 5.18. The number of halogens is 1. The van der Waals surface area contributed by atoms with Gasteiger partial charge >= 0.3 is 0 Å². The molecule has 4 nitrogen and oxygen atoms in total. The van der Waals surface area contributed by atoms with E-state index in [4.69, 9.17) is 0 Å². The van der Waals surface area contributed by atoms with E-state index in [1.165, 1.54) is 17.4 Å². The lowest BCUT2D eigenvalue weighted by molar-refractivity contribution is 0.0815. The third kappa shape index (κ3) is 3.87. The lowest BCUT2D eigenvalue weighted by Crippen LogP contribution is -2.38. The second-order valence-electron chi connectivity index (χ2n) is 7.09. The van der Waals surface area contributed by atoms with Gasteiger partial charge in [-0.3, -0.25) is 9.69 Å². The molecule has 0 N–H and O–H groups in total. The number of piperidine rings is 1. The van der Waals surface area contributed by atoms with E-state index in [1.807, 2.05) is 30.6 Å². The Morgan fingerprint density at radius 2 is 2.26 bits per heavy atom. The van der Waals surface area contributed by atoms with Crippen molar-refractivity contribution in [3.05, 3.63) is 69.9 Å². The maximum absolute atomic E-state index is 13.9. The molecule has 2 aromatic heterocycles. The van der Waals surface area contributed by atoms with E-state index >= 15 is 0 Å². The van der Waals surface area contributed by atoms with Crippen molar-refractivity contribution < 1.29 is 9.18 Å². The minimum absolute atomic E-state index is 0.0119. The van der Waals surface area contributed by atoms with Crippen LogP contribution in [0.25, 0.3) is 5.69 Å². The van der Waals surface area contributed by atoms with Crippen LogP contribution in [0.5, 0.6) is 0 Å². The van der Waals surface area contributed by atoms with Crippen molar-refractivity contribution in [1.82, 2.24) is 14.7 Å². The molecular weight excluding hydrogens is 361 g/mol. The highest BCUT2D eigenvalue weighted by Crippen LogP contribution is 2.27. The summed E-state index contributed by atoms with van der Waals surface area (Å²) in [6, 6.07) is 8.65. The highest BCUT2D eigenvalue weighted by Gasteiger charge is 2.28. The Labute approximate surface area is 162 Å². The summed E-state index contributed by atoms with van der Waals surface area (Å²) < 4.78 is 15.6. The van der Waals surface area contributed by atoms with Crippen LogP contribution in [0.3, 0.4) is 0 Å². The fourth-order valence-corrected chi connectivity index (χ4v) is 4.73. The van der Waals surface area contributed by atoms with Gasteiger partial charge < -0.3 is 0 Å². The molecule has 27 heavy (non-hydrogen) atoms. The number of aromatic nitrogens is 2. The molecule has 1 fully saturated rings. The van der Waals surface area contributed by atoms with Crippen LogP contribution in [0.15, 0.2) is 48.1 Å². The first-order valence-corrected chi connectivity index (χ1v) is 10.1. The number of nitrogens with zero attached hydrogens (tertiary/aromatic N) is 3. The Bertz CT molecular complexity index is 935. The van der Waals surface area contributed by atoms with Crippen molar-refractivity contribution in [2.24, 2.45) is 5.92 Å². The zero-order chi connectivity index (χ0) is 18.8. The third-order valence-corrected chi connectivity index (χ3v) is 6.18. The monoisotopic (exact) mass is 383 g/mol. The molecule has 1 aliphatic heterocycles. The first-order valence-electron chi connectivity index (χ1n) is 9.21. The van der Waals surface area contributed by atoms with E-state index in [9.17, 15) is 9.18 Å². The smallest absolute Gasteiger partial charge is 0.177 e. The van der Waals surface area contributed by atoms with Crippen LogP contribution in [-0.4, -0.2) is 33.6 Å². The van der Waals surface area contributed by atoms with E-state index in [0.717, 1.165) is 41.1 Å². The van der Waals surface area contributed by atoms with Gasteiger partial charge in [0.2, 0.25) is 0 Å². The Morgan fingerprint density at radius 3 is 3.00 bits per heavy atom. The lowest BCUT2D eigenvalue weighted by atomic mass is 9.91. The van der Waals surface area contributed by atoms with Crippen molar-refractivity contribution >= 4 is 17.1 Å². The molecule has 1 atom stereocenters. The summed E-state index contributed by atoms with van der Waals surface area (Å²) in [6.07, 6.45) is 5.47. The number of hydrogen-bond acceptors (Lipinski definition) is 4. The molecule has 0 bridgehead atoms. The highest BCUT2D eigenvalue weighted by molar-refractivity contribution is 7.12. The van der Waals surface area contributed by atoms with Crippen LogP contribution in [0.1, 0.15) is 33.6 Å². The average molecular weight is 383 g/mol. The van der Waals surface area contributed by atoms with Crippen molar-refractivity contribution in [3.8, 4) is 5.69 Å². The van der Waals surface area contributed by atoms with Gasteiger partial charge in [-0.05, 0) is 73.1 Å². The highest BCUT2D eigenvalue weighted by atomic mass is 32.1. The number of benzene rings is 1. The van der Waals surface area contributed by atoms with Crippen LogP contribution < -0.4 is 0 Å². The molecular formula is C21H22FN3OS. The molecule has 0 spiro atoms. The van der Waals surface area contributed by atoms with Crippen LogP contribution in [0.4, 0.5) is 4.39 Å². The van der Waals surface area contributed by atoms with Crippen LogP contribution in [0, 0.1) is 18.7 Å². The number of likely N-dealkylation sites (tertiary alicyclic amines) is 1. The summed E-state index contributed by atoms with van der Waals surface area (Å²) in [5, 5.41) is 6.26. The number of thiophene rings is 1. The number of rotatable bonds is 5. The largest absolute Gasteiger partial charge is 0.298 e. The van der Waals surface area contributed by atoms with Crippen molar-refractivity contribution in [3.63, 3.8) is 0 Å². The van der Waals surface area contributed by atoms with Crippen molar-refractivity contribution in [1.29, 1.82) is 0 Å². The molecule has 4 rings (SSSR count). The summed E-state index contributed by atoms with van der Waals surface area (Å²) in [6.45, 7) is 4.24. The lowest BCUT2D eigenvalue weighted by Gasteiger charge is -2.32. The molecule has 1 saturated heterocycles. The fourth-order valence-electron chi connectivity index (χ4n) is 3.78. The zero-order valence-corrected chi connectivity index (χ0v) is 16.1. The number of aryl methyl sites for hydroxylation is 1. The zero-order valence-electron chi connectivity index (χ0n) is 15.3. The first kappa shape index (κ1) is 18.1. The average Bonchev–Trinajstić information content (AvgIpc) is 3.33. The van der Waals surface area contributed by atoms with Crippen LogP contribution >= 0.6 is 11.3 Å². The van der Waals surface area contributed by atoms with E-state index in [-0.39, 0.29) is 17.5 Å². The predicted octanol–water partition coefficient (Wildman–Crippen LogP) is 4.48. The fraction of sp³-hybridized carbons (Fsp3) is 0.333. The van der Waals surface area contributed by atoms with Crippen molar-refractivity contribution in [2.45, 2.75) is 26.3 Å². The number of Topliss-reactive ketones (excluding diaryl/α,β-unsaturated/α-hetero) is 1. The van der Waals surface area contributed by atoms with E-state index in [2.05, 4.69) is 10.00 Å². The Balaban J connectivity index is 1.53. The SMILES string of the molecule is Cc1ccsc1C(=O)[C@@H]1CCCN(Cc2cc(F)ccc2-n2cccn2)C1. The second-order valence-corrected chi connectivity index (χ2v) is 8.01. The maximum Gasteiger partial charge on any atom is 0.177 e. The molecule has 3 aromatic rings. The summed E-state index contributed by atoms with van der Waals surface area (Å²) in [7, 11) is 0. The predicted molar refractivity (Wildman–Crippen MR) is 105 cm³/mol. The molecule has 140 valence electrons. The Morgan fingerprint density at radius 1 is 1.37 bits per heavy atom. The molecule has 1 aromatic carbocycles. The second kappa shape index (κ2) is 7.74. The first-order chi connectivity index (χ1) is 13.1. The van der Waals surface area contributed by atoms with Gasteiger partial charge in [0.1, 0.15) is 5.82 Å². The Hall–Kier alpha value is -2.31. The van der Waals surface area contributed by atoms with E-state index in [1.54, 1.807) is 23.0 Å². The van der Waals surface area contributed by atoms with Gasteiger partial charge in [0.15, 0.2) is 5.78 Å². The van der Waals surface area contributed by atoms with Gasteiger partial charge in [-0.1, -0.05) is 0 Å². The third-order valence-electron chi connectivity index (χ3n) is 5.15. The molecule has 0 aliphatic carbocycles. The van der Waals surface area contributed by atoms with Gasteiger partial charge in [-0.2, -0.15) is 5.10 Å². The van der Waals surface area contributed by atoms with Gasteiger partial charge in [0, 0.05) is 31.4 Å². The number of carbonyl (C=O) groups excluding carboxylic acids is 1. The summed E-state index contributed by atoms with van der Waals surface area (Å²) in [5.74, 6) is 0.0105. The van der Waals surface area contributed by atoms with Gasteiger partial charge in [-0.15, -0.1) is 11.3 Å². The molecule has 3 heterocycles. The molecule has 0 unspecified atom stereocenters. The van der Waals surface area contributed by atoms with Gasteiger partial charge in [0.05, 0.1) is 10.6 Å². The van der Waals surface area contributed by atoms with Crippen LogP contribution in [0.2, 0.25) is 0 Å². The molecule has 0 saturated carbocycles. The van der Waals surface area contributed by atoms with Gasteiger partial charge in [-0.25, -0.2) is 9.07 Å². The summed E-state index contributed by atoms with van der Waals surface area (Å²) >= 11 is 1.53. The van der Waals surface area contributed by atoms with Gasteiger partial charge in [0.25, 0.3) is 0 Å². The standard InChI is InChI=1S/C21H22FN3OS/c1-15-7-11-27-21(15)20(26)16-4-2-9-24(13-16)14-17-12-18(22)5-6-19(17)25-10-3-8-23-25/h3,5-8,10-12,16H,2,4,9,13-14H2,1H3/t16-/m1/s1. The topological polar surface area (TPSA) is 38.1 Å². The van der Waals surface area contributed by atoms with Crippen molar-refractivity contribution in [2.75, 3.05) is 13.1 Å². The minimum atomic E-state index is -0.250. The summed E-state index contributed by atoms with van der Waals surface area (Å²) in [4.78, 5) is 16.0. The molecule has 1 aliphatic rings. The van der Waals surface area contributed by atoms with E-state index in [0.29, 0.717) is 13.1 Å². The maximum atomic E-state index is 13.9. The number of carbonyl (C=O) groups is 1. The normalized spacial score (nSPS) is 17.9. The van der Waals surface area contributed by atoms with Crippen LogP contribution in [-0.2, 0) is 6.54 Å². The summed E-state index contributed by atoms with van der Waals surface area (Å²) in [5.41, 5.74) is 2.83. The number of ketones is 1. The molecule has 0 radical (unpaired) electrons. The minimum Gasteiger partial charge on any atom is -0.298 e.